The molecule has 0 radical (unpaired) electrons. The van der Waals surface area contributed by atoms with E-state index in [2.05, 4.69) is 12.2 Å². The first-order valence-electron chi connectivity index (χ1n) is 9.05. The third-order valence-corrected chi connectivity index (χ3v) is 4.91. The van der Waals surface area contributed by atoms with E-state index in [4.69, 9.17) is 5.73 Å². The van der Waals surface area contributed by atoms with Crippen molar-refractivity contribution in [2.75, 3.05) is 18.4 Å². The van der Waals surface area contributed by atoms with Crippen LogP contribution < -0.4 is 11.1 Å². The summed E-state index contributed by atoms with van der Waals surface area (Å²) in [5, 5.41) is 2.80. The van der Waals surface area contributed by atoms with Crippen LogP contribution in [0.15, 0.2) is 54.6 Å². The fourth-order valence-electron chi connectivity index (χ4n) is 3.12. The van der Waals surface area contributed by atoms with E-state index in [9.17, 15) is 9.59 Å². The second-order valence-electron chi connectivity index (χ2n) is 6.93. The Morgan fingerprint density at radius 3 is 2.27 bits per heavy atom. The summed E-state index contributed by atoms with van der Waals surface area (Å²) in [5.74, 6) is 0.460. The highest BCUT2D eigenvalue weighted by atomic mass is 16.2. The van der Waals surface area contributed by atoms with Crippen molar-refractivity contribution >= 4 is 17.5 Å². The summed E-state index contributed by atoms with van der Waals surface area (Å²) >= 11 is 0. The molecule has 1 saturated heterocycles. The fourth-order valence-corrected chi connectivity index (χ4v) is 3.12. The minimum absolute atomic E-state index is 0.0516. The molecule has 1 aliphatic heterocycles. The zero-order chi connectivity index (χ0) is 18.5. The minimum atomic E-state index is -0.729. The molecule has 0 bridgehead atoms. The number of anilines is 1. The van der Waals surface area contributed by atoms with Crippen molar-refractivity contribution in [2.45, 2.75) is 25.8 Å². The number of carbonyl (C=O) groups excluding carboxylic acids is 2. The Kier molecular flexibility index (Phi) is 5.68. The zero-order valence-corrected chi connectivity index (χ0v) is 15.0. The van der Waals surface area contributed by atoms with Gasteiger partial charge >= 0.3 is 0 Å². The molecule has 1 atom stereocenters. The lowest BCUT2D eigenvalue weighted by molar-refractivity contribution is -0.117. The summed E-state index contributed by atoms with van der Waals surface area (Å²) in [6.45, 7) is 3.84. The average molecular weight is 351 g/mol. The van der Waals surface area contributed by atoms with Crippen LogP contribution in [0, 0.1) is 5.92 Å². The predicted octanol–water partition coefficient (Wildman–Crippen LogP) is 3.20. The largest absolute Gasteiger partial charge is 0.339 e. The fraction of sp³-hybridized carbons (Fsp3) is 0.333. The maximum absolute atomic E-state index is 12.6. The van der Waals surface area contributed by atoms with Gasteiger partial charge in [0.2, 0.25) is 5.91 Å². The number of hydrogen-bond donors (Lipinski definition) is 2. The molecule has 2 aromatic carbocycles. The Morgan fingerprint density at radius 1 is 1.04 bits per heavy atom. The second-order valence-corrected chi connectivity index (χ2v) is 6.93. The van der Waals surface area contributed by atoms with Crippen molar-refractivity contribution in [3.63, 3.8) is 0 Å². The summed E-state index contributed by atoms with van der Waals surface area (Å²) < 4.78 is 0. The van der Waals surface area contributed by atoms with Crippen molar-refractivity contribution < 1.29 is 9.59 Å². The SMILES string of the molecule is CC1CCN(C(=O)c2ccc(NC(=O)C(N)c3ccccc3)cc2)CC1. The van der Waals surface area contributed by atoms with Gasteiger partial charge in [0.25, 0.3) is 5.91 Å². The normalized spacial score (nSPS) is 16.2. The third-order valence-electron chi connectivity index (χ3n) is 4.91. The van der Waals surface area contributed by atoms with E-state index in [1.807, 2.05) is 35.2 Å². The van der Waals surface area contributed by atoms with E-state index >= 15 is 0 Å². The minimum Gasteiger partial charge on any atom is -0.339 e. The van der Waals surface area contributed by atoms with Gasteiger partial charge in [-0.05, 0) is 48.6 Å². The highest BCUT2D eigenvalue weighted by molar-refractivity contribution is 5.97. The van der Waals surface area contributed by atoms with Gasteiger partial charge in [0, 0.05) is 24.3 Å². The van der Waals surface area contributed by atoms with Crippen LogP contribution in [0.3, 0.4) is 0 Å². The number of nitrogens with two attached hydrogens (primary N) is 1. The summed E-state index contributed by atoms with van der Waals surface area (Å²) in [5.41, 5.74) is 8.03. The van der Waals surface area contributed by atoms with Crippen LogP contribution >= 0.6 is 0 Å². The standard InChI is InChI=1S/C21H25N3O2/c1-15-11-13-24(14-12-15)21(26)17-7-9-18(10-8-17)23-20(25)19(22)16-5-3-2-4-6-16/h2-10,15,19H,11-14,22H2,1H3,(H,23,25). The van der Waals surface area contributed by atoms with E-state index < -0.39 is 6.04 Å². The Morgan fingerprint density at radius 2 is 1.65 bits per heavy atom. The van der Waals surface area contributed by atoms with E-state index in [-0.39, 0.29) is 11.8 Å². The van der Waals surface area contributed by atoms with Crippen molar-refractivity contribution in [1.29, 1.82) is 0 Å². The summed E-state index contributed by atoms with van der Waals surface area (Å²) in [4.78, 5) is 26.8. The van der Waals surface area contributed by atoms with E-state index in [1.54, 1.807) is 24.3 Å². The average Bonchev–Trinajstić information content (AvgIpc) is 2.68. The van der Waals surface area contributed by atoms with Gasteiger partial charge in [-0.3, -0.25) is 9.59 Å². The molecular formula is C21H25N3O2. The molecule has 1 aliphatic rings. The first-order valence-corrected chi connectivity index (χ1v) is 9.05. The lowest BCUT2D eigenvalue weighted by Gasteiger charge is -2.30. The predicted molar refractivity (Wildman–Crippen MR) is 103 cm³/mol. The number of nitrogens with one attached hydrogen (secondary N) is 1. The lowest BCUT2D eigenvalue weighted by atomic mass is 9.98. The molecule has 2 aromatic rings. The molecule has 1 unspecified atom stereocenters. The number of amides is 2. The smallest absolute Gasteiger partial charge is 0.253 e. The summed E-state index contributed by atoms with van der Waals surface area (Å²) in [6.07, 6.45) is 2.11. The van der Waals surface area contributed by atoms with Crippen molar-refractivity contribution in [3.8, 4) is 0 Å². The molecular weight excluding hydrogens is 326 g/mol. The number of likely N-dealkylation sites (tertiary alicyclic amines) is 1. The summed E-state index contributed by atoms with van der Waals surface area (Å²) in [6, 6.07) is 15.5. The molecule has 0 aliphatic carbocycles. The van der Waals surface area contributed by atoms with Gasteiger partial charge in [-0.1, -0.05) is 37.3 Å². The molecule has 0 spiro atoms. The Bertz CT molecular complexity index is 751. The Hall–Kier alpha value is -2.66. The molecule has 5 nitrogen and oxygen atoms in total. The van der Waals surface area contributed by atoms with Crippen LogP contribution in [0.4, 0.5) is 5.69 Å². The van der Waals surface area contributed by atoms with Crippen LogP contribution in [-0.4, -0.2) is 29.8 Å². The van der Waals surface area contributed by atoms with Crippen molar-refractivity contribution in [3.05, 3.63) is 65.7 Å². The number of piperidine rings is 1. The lowest BCUT2D eigenvalue weighted by Crippen LogP contribution is -2.37. The van der Waals surface area contributed by atoms with Crippen LogP contribution in [-0.2, 0) is 4.79 Å². The maximum Gasteiger partial charge on any atom is 0.253 e. The number of nitrogens with zero attached hydrogens (tertiary/aromatic N) is 1. The van der Waals surface area contributed by atoms with E-state index in [1.165, 1.54) is 0 Å². The topological polar surface area (TPSA) is 75.4 Å². The van der Waals surface area contributed by atoms with Gasteiger partial charge in [0.1, 0.15) is 6.04 Å². The monoisotopic (exact) mass is 351 g/mol. The van der Waals surface area contributed by atoms with Gasteiger partial charge in [0.15, 0.2) is 0 Å². The quantitative estimate of drug-likeness (QED) is 0.888. The first-order chi connectivity index (χ1) is 12.5. The molecule has 0 aromatic heterocycles. The molecule has 0 saturated carbocycles. The van der Waals surface area contributed by atoms with Gasteiger partial charge in [-0.2, -0.15) is 0 Å². The summed E-state index contributed by atoms with van der Waals surface area (Å²) in [7, 11) is 0. The Balaban J connectivity index is 1.60. The molecule has 136 valence electrons. The number of benzene rings is 2. The highest BCUT2D eigenvalue weighted by Gasteiger charge is 2.21. The van der Waals surface area contributed by atoms with Gasteiger partial charge in [0.05, 0.1) is 0 Å². The molecule has 5 heteroatoms. The number of rotatable bonds is 4. The van der Waals surface area contributed by atoms with Crippen LogP contribution in [0.25, 0.3) is 0 Å². The van der Waals surface area contributed by atoms with Crippen molar-refractivity contribution in [1.82, 2.24) is 4.90 Å². The molecule has 26 heavy (non-hydrogen) atoms. The number of carbonyl (C=O) groups is 2. The van der Waals surface area contributed by atoms with Gasteiger partial charge in [-0.25, -0.2) is 0 Å². The van der Waals surface area contributed by atoms with Gasteiger partial charge in [-0.15, -0.1) is 0 Å². The molecule has 3 N–H and O–H groups in total. The molecule has 2 amide bonds. The van der Waals surface area contributed by atoms with Crippen molar-refractivity contribution in [2.24, 2.45) is 11.7 Å². The zero-order valence-electron chi connectivity index (χ0n) is 15.0. The molecule has 1 heterocycles. The second kappa shape index (κ2) is 8.15. The van der Waals surface area contributed by atoms with Crippen LogP contribution in [0.2, 0.25) is 0 Å². The maximum atomic E-state index is 12.6. The molecule has 3 rings (SSSR count). The van der Waals surface area contributed by atoms with Crippen LogP contribution in [0.5, 0.6) is 0 Å². The van der Waals surface area contributed by atoms with Gasteiger partial charge < -0.3 is 16.0 Å². The molecule has 1 fully saturated rings. The van der Waals surface area contributed by atoms with E-state index in [0.29, 0.717) is 17.2 Å². The third kappa shape index (κ3) is 4.29. The Labute approximate surface area is 154 Å². The van der Waals surface area contributed by atoms with E-state index in [0.717, 1.165) is 31.5 Å². The van der Waals surface area contributed by atoms with Crippen LogP contribution in [0.1, 0.15) is 41.7 Å². The highest BCUT2D eigenvalue weighted by Crippen LogP contribution is 2.19. The first kappa shape index (κ1) is 18.1. The number of hydrogen-bond acceptors (Lipinski definition) is 3.